The van der Waals surface area contributed by atoms with Crippen LogP contribution in [0.25, 0.3) is 0 Å². The fourth-order valence-electron chi connectivity index (χ4n) is 1.75. The standard InChI is InChI=1S/C11H13FO4Si/c1-17(2,3)9-7(10(13)14)4-6(12)5-8(9)11(15)16/h4-5H,1-3H3,(H,13,14)(H,15,16). The number of carboxylic acids is 2. The van der Waals surface area contributed by atoms with E-state index < -0.39 is 25.8 Å². The third-order valence-corrected chi connectivity index (χ3v) is 4.35. The SMILES string of the molecule is C[Si](C)(C)c1c(C(=O)O)cc(F)cc1C(=O)O. The summed E-state index contributed by atoms with van der Waals surface area (Å²) >= 11 is 0. The van der Waals surface area contributed by atoms with Gasteiger partial charge >= 0.3 is 11.9 Å². The molecule has 1 aromatic carbocycles. The van der Waals surface area contributed by atoms with Gasteiger partial charge in [0.15, 0.2) is 0 Å². The number of hydrogen-bond acceptors (Lipinski definition) is 2. The van der Waals surface area contributed by atoms with E-state index in [1.807, 2.05) is 19.6 Å². The first-order chi connectivity index (χ1) is 7.64. The number of hydrogen-bond donors (Lipinski definition) is 2. The molecule has 1 aromatic rings. The molecule has 1 rings (SSSR count). The summed E-state index contributed by atoms with van der Waals surface area (Å²) < 4.78 is 13.2. The maximum atomic E-state index is 13.2. The highest BCUT2D eigenvalue weighted by molar-refractivity contribution is 6.90. The van der Waals surface area contributed by atoms with Crippen LogP contribution in [0, 0.1) is 5.82 Å². The lowest BCUT2D eigenvalue weighted by Crippen LogP contribution is -2.45. The van der Waals surface area contributed by atoms with Gasteiger partial charge < -0.3 is 10.2 Å². The van der Waals surface area contributed by atoms with Crippen LogP contribution in [-0.4, -0.2) is 30.2 Å². The Labute approximate surface area is 98.7 Å². The number of rotatable bonds is 3. The smallest absolute Gasteiger partial charge is 0.335 e. The quantitative estimate of drug-likeness (QED) is 0.808. The average molecular weight is 256 g/mol. The van der Waals surface area contributed by atoms with Crippen LogP contribution in [0.1, 0.15) is 20.7 Å². The van der Waals surface area contributed by atoms with Crippen molar-refractivity contribution in [2.45, 2.75) is 19.6 Å². The van der Waals surface area contributed by atoms with Gasteiger partial charge in [0.1, 0.15) is 5.82 Å². The zero-order valence-electron chi connectivity index (χ0n) is 9.74. The molecule has 0 bridgehead atoms. The molecular weight excluding hydrogens is 243 g/mol. The lowest BCUT2D eigenvalue weighted by molar-refractivity contribution is 0.0696. The maximum Gasteiger partial charge on any atom is 0.335 e. The van der Waals surface area contributed by atoms with Crippen LogP contribution in [0.3, 0.4) is 0 Å². The Morgan fingerprint density at radius 1 is 1.06 bits per heavy atom. The Kier molecular flexibility index (Phi) is 3.37. The minimum absolute atomic E-state index is 0.249. The molecule has 0 aliphatic carbocycles. The van der Waals surface area contributed by atoms with Crippen LogP contribution in [-0.2, 0) is 0 Å². The zero-order valence-corrected chi connectivity index (χ0v) is 10.7. The molecule has 0 radical (unpaired) electrons. The van der Waals surface area contributed by atoms with E-state index in [0.29, 0.717) is 0 Å². The molecule has 0 saturated carbocycles. The topological polar surface area (TPSA) is 74.6 Å². The lowest BCUT2D eigenvalue weighted by Gasteiger charge is -2.21. The van der Waals surface area contributed by atoms with Gasteiger partial charge in [-0.1, -0.05) is 19.6 Å². The summed E-state index contributed by atoms with van der Waals surface area (Å²) in [5.74, 6) is -3.45. The van der Waals surface area contributed by atoms with Gasteiger partial charge in [-0.3, -0.25) is 0 Å². The number of carbonyl (C=O) groups is 2. The van der Waals surface area contributed by atoms with Gasteiger partial charge in [0.25, 0.3) is 0 Å². The number of aromatic carboxylic acids is 2. The Morgan fingerprint density at radius 3 is 1.65 bits per heavy atom. The zero-order chi connectivity index (χ0) is 13.4. The van der Waals surface area contributed by atoms with E-state index >= 15 is 0 Å². The molecule has 0 aliphatic heterocycles. The molecule has 17 heavy (non-hydrogen) atoms. The molecular formula is C11H13FO4Si. The summed E-state index contributed by atoms with van der Waals surface area (Å²) in [4.78, 5) is 22.1. The second-order valence-corrected chi connectivity index (χ2v) is 9.74. The Morgan fingerprint density at radius 2 is 1.41 bits per heavy atom. The van der Waals surface area contributed by atoms with E-state index in [-0.39, 0.29) is 16.3 Å². The molecule has 0 atom stereocenters. The first kappa shape index (κ1) is 13.4. The van der Waals surface area contributed by atoms with Gasteiger partial charge in [0, 0.05) is 0 Å². The van der Waals surface area contributed by atoms with Crippen molar-refractivity contribution < 1.29 is 24.2 Å². The molecule has 0 heterocycles. The molecule has 0 aliphatic rings. The van der Waals surface area contributed by atoms with Gasteiger partial charge in [-0.15, -0.1) is 0 Å². The lowest BCUT2D eigenvalue weighted by atomic mass is 10.1. The molecule has 4 nitrogen and oxygen atoms in total. The summed E-state index contributed by atoms with van der Waals surface area (Å²) in [6, 6.07) is 1.75. The predicted molar refractivity (Wildman–Crippen MR) is 63.3 cm³/mol. The Bertz CT molecular complexity index is 456. The second kappa shape index (κ2) is 4.29. The highest BCUT2D eigenvalue weighted by atomic mass is 28.3. The van der Waals surface area contributed by atoms with Gasteiger partial charge in [0.2, 0.25) is 0 Å². The summed E-state index contributed by atoms with van der Waals surface area (Å²) in [6.45, 7) is 5.46. The van der Waals surface area contributed by atoms with Crippen LogP contribution >= 0.6 is 0 Å². The number of benzene rings is 1. The normalized spacial score (nSPS) is 11.3. The average Bonchev–Trinajstić information content (AvgIpc) is 2.14. The largest absolute Gasteiger partial charge is 0.478 e. The summed E-state index contributed by atoms with van der Waals surface area (Å²) in [5.41, 5.74) is -0.497. The van der Waals surface area contributed by atoms with E-state index in [1.54, 1.807) is 0 Å². The first-order valence-corrected chi connectivity index (χ1v) is 8.45. The van der Waals surface area contributed by atoms with Crippen molar-refractivity contribution in [3.05, 3.63) is 29.1 Å². The van der Waals surface area contributed by atoms with Gasteiger partial charge in [-0.05, 0) is 17.3 Å². The van der Waals surface area contributed by atoms with Crippen LogP contribution in [0.15, 0.2) is 12.1 Å². The van der Waals surface area contributed by atoms with E-state index in [0.717, 1.165) is 12.1 Å². The third-order valence-electron chi connectivity index (χ3n) is 2.31. The van der Waals surface area contributed by atoms with Crippen molar-refractivity contribution in [2.75, 3.05) is 0 Å². The van der Waals surface area contributed by atoms with E-state index in [2.05, 4.69) is 0 Å². The van der Waals surface area contributed by atoms with E-state index in [9.17, 15) is 14.0 Å². The number of halogens is 1. The van der Waals surface area contributed by atoms with Crippen LogP contribution in [0.2, 0.25) is 19.6 Å². The summed E-state index contributed by atoms with van der Waals surface area (Å²) in [7, 11) is -2.20. The number of carboxylic acid groups (broad SMARTS) is 2. The molecule has 6 heteroatoms. The first-order valence-electron chi connectivity index (χ1n) is 4.95. The van der Waals surface area contributed by atoms with Crippen molar-refractivity contribution in [3.8, 4) is 0 Å². The minimum Gasteiger partial charge on any atom is -0.478 e. The van der Waals surface area contributed by atoms with Gasteiger partial charge in [0.05, 0.1) is 19.2 Å². The van der Waals surface area contributed by atoms with Crippen LogP contribution in [0.4, 0.5) is 4.39 Å². The molecule has 0 unspecified atom stereocenters. The molecule has 0 amide bonds. The van der Waals surface area contributed by atoms with Crippen molar-refractivity contribution in [3.63, 3.8) is 0 Å². The van der Waals surface area contributed by atoms with Crippen LogP contribution in [0.5, 0.6) is 0 Å². The maximum absolute atomic E-state index is 13.2. The second-order valence-electron chi connectivity index (χ2n) is 4.74. The molecule has 92 valence electrons. The summed E-state index contributed by atoms with van der Waals surface area (Å²) in [6.07, 6.45) is 0. The van der Waals surface area contributed by atoms with Crippen molar-refractivity contribution >= 4 is 25.2 Å². The highest BCUT2D eigenvalue weighted by Crippen LogP contribution is 2.14. The van der Waals surface area contributed by atoms with Crippen molar-refractivity contribution in [2.24, 2.45) is 0 Å². The van der Waals surface area contributed by atoms with E-state index in [4.69, 9.17) is 10.2 Å². The summed E-state index contributed by atoms with van der Waals surface area (Å²) in [5, 5.41) is 18.3. The molecule has 0 spiro atoms. The molecule has 2 N–H and O–H groups in total. The third kappa shape index (κ3) is 2.70. The Hall–Kier alpha value is -1.69. The molecule has 0 saturated heterocycles. The van der Waals surface area contributed by atoms with Gasteiger partial charge in [-0.2, -0.15) is 0 Å². The molecule has 0 aromatic heterocycles. The molecule has 0 fully saturated rings. The predicted octanol–water partition coefficient (Wildman–Crippen LogP) is 1.77. The fourth-order valence-corrected chi connectivity index (χ4v) is 3.73. The minimum atomic E-state index is -2.20. The van der Waals surface area contributed by atoms with E-state index in [1.165, 1.54) is 0 Å². The monoisotopic (exact) mass is 256 g/mol. The van der Waals surface area contributed by atoms with Crippen molar-refractivity contribution in [1.82, 2.24) is 0 Å². The fraction of sp³-hybridized carbons (Fsp3) is 0.273. The van der Waals surface area contributed by atoms with Crippen molar-refractivity contribution in [1.29, 1.82) is 0 Å². The highest BCUT2D eigenvalue weighted by Gasteiger charge is 2.30. The van der Waals surface area contributed by atoms with Crippen LogP contribution < -0.4 is 5.19 Å². The van der Waals surface area contributed by atoms with Gasteiger partial charge in [-0.25, -0.2) is 14.0 Å². The Balaban J connectivity index is 3.72.